The Balaban J connectivity index is 2.02. The first-order valence-corrected chi connectivity index (χ1v) is 11.0. The molecule has 0 amide bonds. The number of fused-ring (bicyclic) bond motifs is 3. The molecule has 2 aromatic rings. The average Bonchev–Trinajstić information content (AvgIpc) is 2.75. The average molecular weight is 473 g/mol. The molecule has 4 rings (SSSR count). The third-order valence-corrected chi connectivity index (χ3v) is 8.72. The van der Waals surface area contributed by atoms with Crippen LogP contribution in [0.3, 0.4) is 0 Å². The Morgan fingerprint density at radius 3 is 2.31 bits per heavy atom. The second-order valence-corrected chi connectivity index (χ2v) is 10.0. The number of sulfone groups is 1. The molecule has 170 valence electrons. The number of rotatable bonds is 2. The van der Waals surface area contributed by atoms with Crippen molar-refractivity contribution in [1.82, 2.24) is 0 Å². The number of halogens is 5. The second-order valence-electron chi connectivity index (χ2n) is 7.83. The number of nitriles is 1. The molecule has 11 heteroatoms. The lowest BCUT2D eigenvalue weighted by atomic mass is 9.71. The lowest BCUT2D eigenvalue weighted by molar-refractivity contribution is -0.137. The number of benzene rings is 2. The predicted octanol–water partition coefficient (Wildman–Crippen LogP) is 4.36. The van der Waals surface area contributed by atoms with Crippen molar-refractivity contribution in [2.24, 2.45) is 5.92 Å². The third kappa shape index (κ3) is 3.00. The molecule has 0 aromatic heterocycles. The Labute approximate surface area is 180 Å². The summed E-state index contributed by atoms with van der Waals surface area (Å²) in [6.07, 6.45) is -5.04. The maximum atomic E-state index is 15.1. The number of ether oxygens (including phenoxy) is 2. The molecule has 32 heavy (non-hydrogen) atoms. The molecule has 1 unspecified atom stereocenters. The van der Waals surface area contributed by atoms with E-state index in [0.717, 1.165) is 24.3 Å². The van der Waals surface area contributed by atoms with Crippen molar-refractivity contribution in [3.63, 3.8) is 0 Å². The summed E-state index contributed by atoms with van der Waals surface area (Å²) in [6, 6.07) is 6.18. The quantitative estimate of drug-likeness (QED) is 0.606. The fourth-order valence-electron chi connectivity index (χ4n) is 4.56. The van der Waals surface area contributed by atoms with Gasteiger partial charge in [-0.25, -0.2) is 17.2 Å². The van der Waals surface area contributed by atoms with Crippen LogP contribution in [-0.2, 0) is 25.5 Å². The van der Waals surface area contributed by atoms with Crippen molar-refractivity contribution in [1.29, 1.82) is 5.26 Å². The summed E-state index contributed by atoms with van der Waals surface area (Å²) in [5.74, 6) is -3.94. The van der Waals surface area contributed by atoms with Crippen molar-refractivity contribution in [2.75, 3.05) is 13.2 Å². The second kappa shape index (κ2) is 7.15. The van der Waals surface area contributed by atoms with Crippen LogP contribution in [0.2, 0.25) is 0 Å². The molecule has 0 N–H and O–H groups in total. The van der Waals surface area contributed by atoms with Crippen molar-refractivity contribution < 1.29 is 39.8 Å². The van der Waals surface area contributed by atoms with Crippen LogP contribution in [0.25, 0.3) is 0 Å². The minimum atomic E-state index is -4.69. The fraction of sp³-hybridized carbons (Fsp3) is 0.381. The summed E-state index contributed by atoms with van der Waals surface area (Å²) in [5.41, 5.74) is -3.39. The molecule has 1 saturated heterocycles. The molecule has 2 heterocycles. The maximum absolute atomic E-state index is 15.1. The molecular weight excluding hydrogens is 457 g/mol. The fourth-order valence-corrected chi connectivity index (χ4v) is 6.96. The normalized spacial score (nSPS) is 27.6. The van der Waals surface area contributed by atoms with Gasteiger partial charge in [0.15, 0.2) is 27.0 Å². The predicted molar refractivity (Wildman–Crippen MR) is 100 cm³/mol. The Morgan fingerprint density at radius 1 is 1.09 bits per heavy atom. The Bertz CT molecular complexity index is 1220. The first kappa shape index (κ1) is 22.5. The first-order chi connectivity index (χ1) is 14.9. The van der Waals surface area contributed by atoms with Gasteiger partial charge in [0, 0.05) is 0 Å². The van der Waals surface area contributed by atoms with E-state index in [9.17, 15) is 31.2 Å². The van der Waals surface area contributed by atoms with E-state index in [1.807, 2.05) is 6.07 Å². The van der Waals surface area contributed by atoms with Crippen LogP contribution in [0, 0.1) is 28.9 Å². The number of hydrogen-bond donors (Lipinski definition) is 0. The third-order valence-electron chi connectivity index (χ3n) is 6.17. The number of hydrogen-bond acceptors (Lipinski definition) is 5. The molecular formula is C21H16F5NO4S. The summed E-state index contributed by atoms with van der Waals surface area (Å²) in [5, 5.41) is 9.72. The van der Waals surface area contributed by atoms with E-state index >= 15 is 4.39 Å². The van der Waals surface area contributed by atoms with Crippen LogP contribution in [0.1, 0.15) is 24.5 Å². The van der Waals surface area contributed by atoms with Crippen LogP contribution >= 0.6 is 0 Å². The summed E-state index contributed by atoms with van der Waals surface area (Å²) >= 11 is 0. The lowest BCUT2D eigenvalue weighted by Gasteiger charge is -2.52. The molecule has 2 aromatic carbocycles. The maximum Gasteiger partial charge on any atom is 0.416 e. The topological polar surface area (TPSA) is 76.4 Å². The van der Waals surface area contributed by atoms with E-state index in [4.69, 9.17) is 9.47 Å². The SMILES string of the molecule is C[C@@]1(C#N)OCC[C@@]2(S(=O)(=O)c3ccc(C(F)(F)F)cc3)c3c(F)ccc(F)c3OCC12. The zero-order valence-corrected chi connectivity index (χ0v) is 17.4. The van der Waals surface area contributed by atoms with Crippen molar-refractivity contribution in [3.05, 3.63) is 59.2 Å². The van der Waals surface area contributed by atoms with E-state index in [1.54, 1.807) is 0 Å². The minimum Gasteiger partial charge on any atom is -0.490 e. The molecule has 0 aliphatic carbocycles. The van der Waals surface area contributed by atoms with E-state index in [-0.39, 0.29) is 13.0 Å². The van der Waals surface area contributed by atoms with Gasteiger partial charge >= 0.3 is 6.18 Å². The molecule has 5 nitrogen and oxygen atoms in total. The van der Waals surface area contributed by atoms with Gasteiger partial charge in [-0.15, -0.1) is 0 Å². The van der Waals surface area contributed by atoms with Crippen LogP contribution in [0.5, 0.6) is 5.75 Å². The van der Waals surface area contributed by atoms with Crippen LogP contribution in [-0.4, -0.2) is 27.2 Å². The Morgan fingerprint density at radius 2 is 1.72 bits per heavy atom. The van der Waals surface area contributed by atoms with Gasteiger partial charge in [0.05, 0.1) is 41.2 Å². The van der Waals surface area contributed by atoms with Gasteiger partial charge in [0.1, 0.15) is 10.6 Å². The first-order valence-electron chi connectivity index (χ1n) is 9.47. The Hall–Kier alpha value is -2.71. The highest BCUT2D eigenvalue weighted by molar-refractivity contribution is 7.92. The highest BCUT2D eigenvalue weighted by Crippen LogP contribution is 2.57. The number of nitrogens with zero attached hydrogens (tertiary/aromatic N) is 1. The van der Waals surface area contributed by atoms with Crippen LogP contribution < -0.4 is 4.74 Å². The summed E-state index contributed by atoms with van der Waals surface area (Å²) in [4.78, 5) is -0.519. The molecule has 2 aliphatic heterocycles. The zero-order valence-electron chi connectivity index (χ0n) is 16.5. The number of alkyl halides is 3. The van der Waals surface area contributed by atoms with Gasteiger partial charge in [0.2, 0.25) is 0 Å². The highest BCUT2D eigenvalue weighted by Gasteiger charge is 2.65. The summed E-state index contributed by atoms with van der Waals surface area (Å²) in [6.45, 7) is 0.562. The summed E-state index contributed by atoms with van der Waals surface area (Å²) in [7, 11) is -4.66. The molecule has 0 bridgehead atoms. The molecule has 0 spiro atoms. The van der Waals surface area contributed by atoms with Gasteiger partial charge in [0.25, 0.3) is 0 Å². The van der Waals surface area contributed by atoms with E-state index in [0.29, 0.717) is 12.1 Å². The van der Waals surface area contributed by atoms with Gasteiger partial charge in [-0.05, 0) is 49.7 Å². The smallest absolute Gasteiger partial charge is 0.416 e. The zero-order chi connectivity index (χ0) is 23.5. The standard InChI is InChI=1S/C21H16F5NO4S/c1-19(11-27)16-10-30-18-15(23)7-6-14(22)17(18)20(16,8-9-31-19)32(28,29)13-4-2-12(3-5-13)21(24,25)26/h2-7,16H,8-10H2,1H3/t16?,19-,20-/m0/s1. The van der Waals surface area contributed by atoms with E-state index < -0.39 is 72.3 Å². The van der Waals surface area contributed by atoms with Crippen LogP contribution in [0.4, 0.5) is 22.0 Å². The molecule has 2 aliphatic rings. The van der Waals surface area contributed by atoms with Crippen molar-refractivity contribution in [2.45, 2.75) is 34.8 Å². The minimum absolute atomic E-state index is 0.282. The molecule has 0 radical (unpaired) electrons. The largest absolute Gasteiger partial charge is 0.490 e. The van der Waals surface area contributed by atoms with Crippen molar-refractivity contribution >= 4 is 9.84 Å². The van der Waals surface area contributed by atoms with Gasteiger partial charge in [-0.2, -0.15) is 18.4 Å². The Kier molecular flexibility index (Phi) is 5.02. The van der Waals surface area contributed by atoms with Crippen LogP contribution in [0.15, 0.2) is 41.3 Å². The van der Waals surface area contributed by atoms with E-state index in [1.165, 1.54) is 6.92 Å². The molecule has 0 saturated carbocycles. The van der Waals surface area contributed by atoms with Gasteiger partial charge in [-0.1, -0.05) is 0 Å². The molecule has 3 atom stereocenters. The molecule has 1 fully saturated rings. The van der Waals surface area contributed by atoms with E-state index in [2.05, 4.69) is 0 Å². The highest BCUT2D eigenvalue weighted by atomic mass is 32.2. The summed E-state index contributed by atoms with van der Waals surface area (Å²) < 4.78 is 105. The van der Waals surface area contributed by atoms with Gasteiger partial charge in [-0.3, -0.25) is 0 Å². The monoisotopic (exact) mass is 473 g/mol. The lowest BCUT2D eigenvalue weighted by Crippen LogP contribution is -2.61. The van der Waals surface area contributed by atoms with Gasteiger partial charge < -0.3 is 9.47 Å². The van der Waals surface area contributed by atoms with Crippen molar-refractivity contribution in [3.8, 4) is 11.8 Å².